The number of carbonyl (C=O) groups is 1. The molecule has 1 heterocycles. The van der Waals surface area contributed by atoms with Crippen LogP contribution in [0.15, 0.2) is 0 Å². The largest absolute Gasteiger partial charge is 0.393 e. The summed E-state index contributed by atoms with van der Waals surface area (Å²) < 4.78 is 6.89. The molecule has 12 atom stereocenters. The molecular weight excluding hydrogens is 474 g/mol. The van der Waals surface area contributed by atoms with Crippen LogP contribution in [0.4, 0.5) is 0 Å². The van der Waals surface area contributed by atoms with Gasteiger partial charge in [-0.1, -0.05) is 34.6 Å². The number of rotatable bonds is 2. The molecule has 1 aliphatic heterocycles. The lowest BCUT2D eigenvalue weighted by atomic mass is 9.41. The van der Waals surface area contributed by atoms with Crippen LogP contribution in [0.2, 0.25) is 0 Å². The van der Waals surface area contributed by atoms with E-state index in [4.69, 9.17) is 4.74 Å². The number of amides is 1. The highest BCUT2D eigenvalue weighted by atomic mass is 16.5. The zero-order chi connectivity index (χ0) is 27.8. The second-order valence-electron chi connectivity index (χ2n) is 17.0. The number of nitrogens with zero attached hydrogens (tertiary/aromatic N) is 1. The van der Waals surface area contributed by atoms with Gasteiger partial charge in [-0.15, -0.1) is 0 Å². The van der Waals surface area contributed by atoms with Gasteiger partial charge in [0.05, 0.1) is 24.4 Å². The Balaban J connectivity index is 1.31. The average molecular weight is 530 g/mol. The summed E-state index contributed by atoms with van der Waals surface area (Å²) in [6.45, 7) is 20.5. The summed E-state index contributed by atoms with van der Waals surface area (Å²) in [5, 5.41) is 23.3. The number of ether oxygens (including phenoxy) is 1. The molecule has 6 rings (SSSR count). The van der Waals surface area contributed by atoms with Gasteiger partial charge in [0.2, 0.25) is 5.91 Å². The summed E-state index contributed by atoms with van der Waals surface area (Å²) >= 11 is 0. The smallest absolute Gasteiger partial charge is 0.219 e. The maximum atomic E-state index is 12.5. The summed E-state index contributed by atoms with van der Waals surface area (Å²) in [7, 11) is 0. The maximum absolute atomic E-state index is 12.5. The van der Waals surface area contributed by atoms with E-state index in [1.54, 1.807) is 6.92 Å². The van der Waals surface area contributed by atoms with Crippen LogP contribution in [0.1, 0.15) is 114 Å². The van der Waals surface area contributed by atoms with Gasteiger partial charge < -0.3 is 19.8 Å². The molecule has 5 aliphatic carbocycles. The monoisotopic (exact) mass is 529 g/mol. The molecule has 0 radical (unpaired) electrons. The van der Waals surface area contributed by atoms with E-state index < -0.39 is 6.10 Å². The van der Waals surface area contributed by atoms with Gasteiger partial charge in [-0.3, -0.25) is 4.79 Å². The van der Waals surface area contributed by atoms with Gasteiger partial charge in [-0.25, -0.2) is 0 Å². The van der Waals surface area contributed by atoms with Crippen LogP contribution in [0, 0.1) is 50.7 Å². The van der Waals surface area contributed by atoms with Crippen LogP contribution < -0.4 is 0 Å². The normalized spacial score (nSPS) is 54.6. The van der Waals surface area contributed by atoms with Crippen LogP contribution >= 0.6 is 0 Å². The number of fused-ring (bicyclic) bond motifs is 4. The van der Waals surface area contributed by atoms with E-state index in [1.165, 1.54) is 32.1 Å². The zero-order valence-electron chi connectivity index (χ0n) is 25.6. The average Bonchev–Trinajstić information content (AvgIpc) is 3.44. The van der Waals surface area contributed by atoms with E-state index in [9.17, 15) is 15.0 Å². The highest BCUT2D eigenvalue weighted by Crippen LogP contribution is 2.89. The third-order valence-corrected chi connectivity index (χ3v) is 14.4. The summed E-state index contributed by atoms with van der Waals surface area (Å²) in [6, 6.07) is 0. The van der Waals surface area contributed by atoms with E-state index in [1.807, 2.05) is 4.90 Å². The summed E-state index contributed by atoms with van der Waals surface area (Å²) in [4.78, 5) is 14.5. The fourth-order valence-electron chi connectivity index (χ4n) is 12.6. The fraction of sp³-hybridized carbons (Fsp3) is 0.970. The zero-order valence-corrected chi connectivity index (χ0v) is 25.6. The number of hydrogen-bond acceptors (Lipinski definition) is 4. The molecule has 0 aromatic rings. The highest BCUT2D eigenvalue weighted by molar-refractivity contribution is 5.74. The standard InChI is InChI=1S/C33H55NO4/c1-19-16-21(17-34(20(2)35)28(3,4)5)38-26-25(19)30(8)14-15-33-18-32(33)13-12-24(36)29(6,7)22(32)10-11-23(33)31(30,9)27(26)37/h19,21-27,36-37H,10-18H2,1-9H3/t19-,21-,22?,23?,24+,25+,26+,27+,30-,31-,32-,33+/m1/s1. The van der Waals surface area contributed by atoms with Gasteiger partial charge in [0, 0.05) is 24.4 Å². The predicted octanol–water partition coefficient (Wildman–Crippen LogP) is 5.81. The van der Waals surface area contributed by atoms with Crippen molar-refractivity contribution in [3.8, 4) is 0 Å². The van der Waals surface area contributed by atoms with Crippen LogP contribution in [0.25, 0.3) is 0 Å². The Morgan fingerprint density at radius 3 is 2.24 bits per heavy atom. The molecule has 2 unspecified atom stereocenters. The van der Waals surface area contributed by atoms with Crippen molar-refractivity contribution in [2.75, 3.05) is 6.54 Å². The SMILES string of the molecule is CC(=O)N(C[C@H]1C[C@@H](C)[C@H]2[C@H](O1)[C@H](O)[C@@]1(C)C3CCC4C(C)(C)[C@@H](O)CC[C@@]45C[C@@]35CC[C@]21C)C(C)(C)C. The molecule has 6 aliphatic rings. The van der Waals surface area contributed by atoms with Crippen molar-refractivity contribution < 1.29 is 19.7 Å². The summed E-state index contributed by atoms with van der Waals surface area (Å²) in [5.74, 6) is 2.02. The molecule has 216 valence electrons. The minimum absolute atomic E-state index is 0.0167. The first-order chi connectivity index (χ1) is 17.5. The van der Waals surface area contributed by atoms with Crippen molar-refractivity contribution in [2.24, 2.45) is 50.7 Å². The van der Waals surface area contributed by atoms with Crippen molar-refractivity contribution in [2.45, 2.75) is 144 Å². The van der Waals surface area contributed by atoms with Crippen molar-refractivity contribution >= 4 is 5.91 Å². The molecule has 0 bridgehead atoms. The van der Waals surface area contributed by atoms with Crippen molar-refractivity contribution in [3.05, 3.63) is 0 Å². The number of hydrogen-bond donors (Lipinski definition) is 2. The molecular formula is C33H55NO4. The molecule has 5 heteroatoms. The highest BCUT2D eigenvalue weighted by Gasteiger charge is 2.84. The topological polar surface area (TPSA) is 70.0 Å². The maximum Gasteiger partial charge on any atom is 0.219 e. The lowest BCUT2D eigenvalue weighted by molar-refractivity contribution is -0.182. The first-order valence-corrected chi connectivity index (χ1v) is 15.8. The first kappa shape index (κ1) is 27.5. The quantitative estimate of drug-likeness (QED) is 0.474. The molecule has 5 nitrogen and oxygen atoms in total. The molecule has 0 aromatic heterocycles. The molecule has 1 saturated heterocycles. The van der Waals surface area contributed by atoms with Gasteiger partial charge in [-0.05, 0) is 117 Å². The van der Waals surface area contributed by atoms with E-state index in [-0.39, 0.29) is 46.0 Å². The molecule has 38 heavy (non-hydrogen) atoms. The Bertz CT molecular complexity index is 1000. The van der Waals surface area contributed by atoms with Gasteiger partial charge >= 0.3 is 0 Å². The summed E-state index contributed by atoms with van der Waals surface area (Å²) in [5.41, 5.74) is 0.320. The summed E-state index contributed by atoms with van der Waals surface area (Å²) in [6.07, 6.45) is 8.31. The Morgan fingerprint density at radius 2 is 1.61 bits per heavy atom. The number of carbonyl (C=O) groups excluding carboxylic acids is 1. The van der Waals surface area contributed by atoms with E-state index >= 15 is 0 Å². The van der Waals surface area contributed by atoms with Crippen LogP contribution in [-0.4, -0.2) is 57.5 Å². The minimum atomic E-state index is -0.471. The van der Waals surface area contributed by atoms with Crippen LogP contribution in [0.5, 0.6) is 0 Å². The molecule has 2 spiro atoms. The fourth-order valence-corrected chi connectivity index (χ4v) is 12.6. The number of aliphatic hydroxyl groups is 2. The molecule has 1 amide bonds. The van der Waals surface area contributed by atoms with Crippen molar-refractivity contribution in [3.63, 3.8) is 0 Å². The van der Waals surface area contributed by atoms with Crippen molar-refractivity contribution in [1.82, 2.24) is 4.90 Å². The lowest BCUT2D eigenvalue weighted by Crippen LogP contribution is -2.59. The third kappa shape index (κ3) is 3.13. The third-order valence-electron chi connectivity index (χ3n) is 14.4. The number of aliphatic hydroxyl groups excluding tert-OH is 2. The van der Waals surface area contributed by atoms with Crippen molar-refractivity contribution in [1.29, 1.82) is 0 Å². The Hall–Kier alpha value is -0.650. The molecule has 6 fully saturated rings. The molecule has 5 saturated carbocycles. The second-order valence-corrected chi connectivity index (χ2v) is 17.0. The van der Waals surface area contributed by atoms with Crippen LogP contribution in [0.3, 0.4) is 0 Å². The second kappa shape index (κ2) is 8.00. The van der Waals surface area contributed by atoms with Gasteiger partial charge in [0.15, 0.2) is 0 Å². The lowest BCUT2D eigenvalue weighted by Gasteiger charge is -2.63. The first-order valence-electron chi connectivity index (χ1n) is 15.8. The van der Waals surface area contributed by atoms with Gasteiger partial charge in [0.25, 0.3) is 0 Å². The van der Waals surface area contributed by atoms with E-state index in [0.29, 0.717) is 41.0 Å². The molecule has 0 aromatic carbocycles. The Morgan fingerprint density at radius 1 is 0.974 bits per heavy atom. The van der Waals surface area contributed by atoms with Gasteiger partial charge in [0.1, 0.15) is 0 Å². The Kier molecular flexibility index (Phi) is 5.79. The molecule has 2 N–H and O–H groups in total. The Labute approximate surface area is 231 Å². The van der Waals surface area contributed by atoms with Gasteiger partial charge in [-0.2, -0.15) is 0 Å². The predicted molar refractivity (Wildman–Crippen MR) is 149 cm³/mol. The van der Waals surface area contributed by atoms with Crippen LogP contribution in [-0.2, 0) is 9.53 Å². The van der Waals surface area contributed by atoms with E-state index in [0.717, 1.165) is 19.3 Å². The van der Waals surface area contributed by atoms with E-state index in [2.05, 4.69) is 55.4 Å². The minimum Gasteiger partial charge on any atom is -0.393 e.